The lowest BCUT2D eigenvalue weighted by atomic mass is 10.2. The van der Waals surface area contributed by atoms with Crippen molar-refractivity contribution in [3.8, 4) is 11.5 Å². The molecule has 0 bridgehead atoms. The second-order valence-corrected chi connectivity index (χ2v) is 7.69. The molecule has 9 heteroatoms. The number of amides is 1. The highest BCUT2D eigenvalue weighted by Crippen LogP contribution is 2.27. The van der Waals surface area contributed by atoms with Crippen LogP contribution in [0.2, 0.25) is 0 Å². The molecule has 0 aliphatic carbocycles. The molecule has 0 spiro atoms. The molecule has 2 aromatic heterocycles. The molecular formula is C23H28N6O3. The lowest BCUT2D eigenvalue weighted by Gasteiger charge is -2.20. The number of nitrogens with zero attached hydrogens (tertiary/aromatic N) is 5. The van der Waals surface area contributed by atoms with Crippen molar-refractivity contribution in [2.45, 2.75) is 32.9 Å². The van der Waals surface area contributed by atoms with E-state index in [9.17, 15) is 9.90 Å². The van der Waals surface area contributed by atoms with Gasteiger partial charge < -0.3 is 19.7 Å². The Kier molecular flexibility index (Phi) is 6.96. The van der Waals surface area contributed by atoms with Crippen molar-refractivity contribution in [1.29, 1.82) is 0 Å². The largest absolute Gasteiger partial charge is 0.504 e. The predicted molar refractivity (Wildman–Crippen MR) is 119 cm³/mol. The van der Waals surface area contributed by atoms with Crippen molar-refractivity contribution >= 4 is 5.91 Å². The number of phenols is 1. The topological polar surface area (TPSA) is 105 Å². The maximum absolute atomic E-state index is 12.2. The Bertz CT molecular complexity index is 1050. The van der Waals surface area contributed by atoms with E-state index >= 15 is 0 Å². The van der Waals surface area contributed by atoms with E-state index in [1.807, 2.05) is 19.1 Å². The molecule has 0 saturated carbocycles. The number of fused-ring (bicyclic) bond motifs is 1. The zero-order valence-corrected chi connectivity index (χ0v) is 18.2. The SMILES string of the molecule is CCOc1cc(CN2CCc3nnc(CCNC(=O)c4cccnc4)n3CC2)ccc1O. The van der Waals surface area contributed by atoms with Crippen molar-refractivity contribution in [3.63, 3.8) is 0 Å². The van der Waals surface area contributed by atoms with Crippen LogP contribution in [0.1, 0.15) is 34.5 Å². The first-order valence-electron chi connectivity index (χ1n) is 10.9. The minimum Gasteiger partial charge on any atom is -0.504 e. The lowest BCUT2D eigenvalue weighted by molar-refractivity contribution is 0.0953. The van der Waals surface area contributed by atoms with Gasteiger partial charge in [0.15, 0.2) is 11.5 Å². The Hall–Kier alpha value is -3.46. The van der Waals surface area contributed by atoms with E-state index in [0.29, 0.717) is 30.9 Å². The Morgan fingerprint density at radius 2 is 2.12 bits per heavy atom. The molecule has 1 aromatic carbocycles. The minimum atomic E-state index is -0.139. The summed E-state index contributed by atoms with van der Waals surface area (Å²) in [6.07, 6.45) is 4.63. The second-order valence-electron chi connectivity index (χ2n) is 7.69. The van der Waals surface area contributed by atoms with Crippen molar-refractivity contribution in [2.24, 2.45) is 0 Å². The number of benzene rings is 1. The number of aromatic nitrogens is 4. The van der Waals surface area contributed by atoms with Crippen molar-refractivity contribution in [2.75, 3.05) is 26.2 Å². The fraction of sp³-hybridized carbons (Fsp3) is 0.391. The average Bonchev–Trinajstić information content (AvgIpc) is 3.08. The van der Waals surface area contributed by atoms with E-state index in [-0.39, 0.29) is 11.7 Å². The van der Waals surface area contributed by atoms with Crippen LogP contribution < -0.4 is 10.1 Å². The van der Waals surface area contributed by atoms with Gasteiger partial charge in [0.1, 0.15) is 11.6 Å². The van der Waals surface area contributed by atoms with Gasteiger partial charge in [-0.25, -0.2) is 0 Å². The van der Waals surface area contributed by atoms with Gasteiger partial charge in [-0.3, -0.25) is 14.7 Å². The highest BCUT2D eigenvalue weighted by atomic mass is 16.5. The van der Waals surface area contributed by atoms with Crippen molar-refractivity contribution in [1.82, 2.24) is 30.0 Å². The second kappa shape index (κ2) is 10.2. The minimum absolute atomic E-state index is 0.139. The van der Waals surface area contributed by atoms with E-state index < -0.39 is 0 Å². The summed E-state index contributed by atoms with van der Waals surface area (Å²) in [6, 6.07) is 9.00. The van der Waals surface area contributed by atoms with E-state index in [0.717, 1.165) is 49.8 Å². The first-order valence-corrected chi connectivity index (χ1v) is 10.9. The maximum atomic E-state index is 12.2. The number of ether oxygens (including phenoxy) is 1. The zero-order chi connectivity index (χ0) is 22.3. The van der Waals surface area contributed by atoms with Crippen LogP contribution in [0.5, 0.6) is 11.5 Å². The van der Waals surface area contributed by atoms with E-state index in [4.69, 9.17) is 4.74 Å². The molecule has 2 N–H and O–H groups in total. The quantitative estimate of drug-likeness (QED) is 0.555. The molecular weight excluding hydrogens is 408 g/mol. The van der Waals surface area contributed by atoms with Gasteiger partial charge in [0, 0.05) is 58.0 Å². The lowest BCUT2D eigenvalue weighted by Crippen LogP contribution is -2.28. The summed E-state index contributed by atoms with van der Waals surface area (Å²) in [4.78, 5) is 18.5. The van der Waals surface area contributed by atoms with Gasteiger partial charge >= 0.3 is 0 Å². The highest BCUT2D eigenvalue weighted by molar-refractivity contribution is 5.93. The highest BCUT2D eigenvalue weighted by Gasteiger charge is 2.19. The summed E-state index contributed by atoms with van der Waals surface area (Å²) >= 11 is 0. The van der Waals surface area contributed by atoms with Gasteiger partial charge in [0.05, 0.1) is 12.2 Å². The van der Waals surface area contributed by atoms with Crippen molar-refractivity contribution in [3.05, 3.63) is 65.5 Å². The molecule has 9 nitrogen and oxygen atoms in total. The van der Waals surface area contributed by atoms with Gasteiger partial charge in [0.25, 0.3) is 5.91 Å². The van der Waals surface area contributed by atoms with Crippen LogP contribution in [0.25, 0.3) is 0 Å². The Morgan fingerprint density at radius 3 is 2.94 bits per heavy atom. The number of hydrogen-bond acceptors (Lipinski definition) is 7. The fourth-order valence-corrected chi connectivity index (χ4v) is 3.84. The zero-order valence-electron chi connectivity index (χ0n) is 18.2. The number of phenolic OH excluding ortho intramolecular Hbond substituents is 1. The van der Waals surface area contributed by atoms with Gasteiger partial charge in [-0.1, -0.05) is 6.07 Å². The monoisotopic (exact) mass is 436 g/mol. The maximum Gasteiger partial charge on any atom is 0.252 e. The van der Waals surface area contributed by atoms with Gasteiger partial charge in [-0.2, -0.15) is 0 Å². The summed E-state index contributed by atoms with van der Waals surface area (Å²) in [5, 5.41) is 21.6. The Morgan fingerprint density at radius 1 is 1.22 bits per heavy atom. The first kappa shape index (κ1) is 21.8. The number of pyridine rings is 1. The summed E-state index contributed by atoms with van der Waals surface area (Å²) < 4.78 is 7.67. The van der Waals surface area contributed by atoms with Crippen LogP contribution in [0.4, 0.5) is 0 Å². The van der Waals surface area contributed by atoms with Crippen LogP contribution in [-0.4, -0.2) is 61.9 Å². The summed E-state index contributed by atoms with van der Waals surface area (Å²) in [5.41, 5.74) is 1.65. The Balaban J connectivity index is 1.32. The molecule has 1 aliphatic heterocycles. The van der Waals surface area contributed by atoms with E-state index in [1.54, 1.807) is 30.6 Å². The third-order valence-electron chi connectivity index (χ3n) is 5.48. The molecule has 32 heavy (non-hydrogen) atoms. The molecule has 3 heterocycles. The van der Waals surface area contributed by atoms with Crippen LogP contribution >= 0.6 is 0 Å². The number of carbonyl (C=O) groups excluding carboxylic acids is 1. The van der Waals surface area contributed by atoms with Gasteiger partial charge in [-0.05, 0) is 36.8 Å². The normalized spacial score (nSPS) is 13.9. The molecule has 168 valence electrons. The molecule has 3 aromatic rings. The molecule has 0 fully saturated rings. The number of nitrogens with one attached hydrogen (secondary N) is 1. The third-order valence-corrected chi connectivity index (χ3v) is 5.48. The molecule has 0 atom stereocenters. The Labute approximate surface area is 187 Å². The third kappa shape index (κ3) is 5.23. The van der Waals surface area contributed by atoms with Crippen LogP contribution in [0.3, 0.4) is 0 Å². The first-order chi connectivity index (χ1) is 15.6. The van der Waals surface area contributed by atoms with Crippen LogP contribution in [0.15, 0.2) is 42.7 Å². The molecule has 0 saturated heterocycles. The number of rotatable bonds is 8. The summed E-state index contributed by atoms with van der Waals surface area (Å²) in [5.74, 6) is 2.41. The van der Waals surface area contributed by atoms with Crippen molar-refractivity contribution < 1.29 is 14.6 Å². The van der Waals surface area contributed by atoms with E-state index in [1.165, 1.54) is 0 Å². The predicted octanol–water partition coefficient (Wildman–Crippen LogP) is 1.81. The molecule has 1 aliphatic rings. The summed E-state index contributed by atoms with van der Waals surface area (Å²) in [7, 11) is 0. The standard InChI is InChI=1S/C23H28N6O3/c1-2-32-20-14-17(5-6-19(20)30)16-28-11-8-22-27-26-21(29(22)13-12-28)7-10-25-23(31)18-4-3-9-24-15-18/h3-6,9,14-15,30H,2,7-8,10-13,16H2,1H3,(H,25,31). The smallest absolute Gasteiger partial charge is 0.252 e. The molecule has 0 unspecified atom stereocenters. The van der Waals surface area contributed by atoms with Crippen LogP contribution in [-0.2, 0) is 25.9 Å². The molecule has 1 amide bonds. The summed E-state index contributed by atoms with van der Waals surface area (Å²) in [6.45, 7) is 6.22. The van der Waals surface area contributed by atoms with Crippen LogP contribution in [0, 0.1) is 0 Å². The van der Waals surface area contributed by atoms with E-state index in [2.05, 4.69) is 30.0 Å². The average molecular weight is 437 g/mol. The van der Waals surface area contributed by atoms with Gasteiger partial charge in [-0.15, -0.1) is 10.2 Å². The number of carbonyl (C=O) groups is 1. The number of aromatic hydroxyl groups is 1. The van der Waals surface area contributed by atoms with Gasteiger partial charge in [0.2, 0.25) is 0 Å². The number of hydrogen-bond donors (Lipinski definition) is 2. The molecule has 0 radical (unpaired) electrons. The molecule has 4 rings (SSSR count). The fourth-order valence-electron chi connectivity index (χ4n) is 3.84.